The van der Waals surface area contributed by atoms with E-state index in [2.05, 4.69) is 37.9 Å². The number of hydrogen-bond acceptors (Lipinski definition) is 3. The van der Waals surface area contributed by atoms with E-state index in [1.54, 1.807) is 19.3 Å². The Morgan fingerprint density at radius 3 is 2.61 bits per heavy atom. The van der Waals surface area contributed by atoms with Crippen LogP contribution >= 0.6 is 12.4 Å². The van der Waals surface area contributed by atoms with Gasteiger partial charge in [-0.2, -0.15) is 0 Å². The SMILES string of the molecule is C=CCOC(C)C1=CC(C)(C)Nc2ccc(-c3cc(F)ccc3OC)cc21.Cl. The standard InChI is InChI=1S/C23H26FNO2.ClH/c1-6-11-27-15(2)20-14-23(3,4)25-21-9-7-16(12-19(20)21)18-13-17(24)8-10-22(18)26-5;/h6-10,12-15,25H,1,11H2,2-5H3;1H. The molecule has 28 heavy (non-hydrogen) atoms. The third-order valence-corrected chi connectivity index (χ3v) is 4.68. The molecule has 0 amide bonds. The second-order valence-electron chi connectivity index (χ2n) is 7.32. The van der Waals surface area contributed by atoms with Crippen molar-refractivity contribution >= 4 is 23.7 Å². The first-order valence-corrected chi connectivity index (χ1v) is 9.06. The molecule has 0 spiro atoms. The third kappa shape index (κ3) is 4.57. The molecule has 1 atom stereocenters. The van der Waals surface area contributed by atoms with Crippen LogP contribution in [0.3, 0.4) is 0 Å². The summed E-state index contributed by atoms with van der Waals surface area (Å²) in [6.45, 7) is 10.5. The second-order valence-corrected chi connectivity index (χ2v) is 7.32. The van der Waals surface area contributed by atoms with E-state index >= 15 is 0 Å². The van der Waals surface area contributed by atoms with E-state index in [-0.39, 0.29) is 29.9 Å². The highest BCUT2D eigenvalue weighted by atomic mass is 35.5. The summed E-state index contributed by atoms with van der Waals surface area (Å²) < 4.78 is 25.2. The number of anilines is 1. The molecule has 2 aromatic carbocycles. The Balaban J connectivity index is 0.00000280. The molecule has 1 aliphatic heterocycles. The van der Waals surface area contributed by atoms with Crippen LogP contribution in [0.2, 0.25) is 0 Å². The number of ether oxygens (including phenoxy) is 2. The first-order chi connectivity index (χ1) is 12.8. The molecule has 5 heteroatoms. The predicted octanol–water partition coefficient (Wildman–Crippen LogP) is 6.10. The molecule has 0 fully saturated rings. The van der Waals surface area contributed by atoms with Gasteiger partial charge in [-0.1, -0.05) is 18.2 Å². The molecular weight excluding hydrogens is 377 g/mol. The van der Waals surface area contributed by atoms with Gasteiger partial charge in [0.05, 0.1) is 25.4 Å². The first kappa shape index (κ1) is 22.0. The van der Waals surface area contributed by atoms with Crippen LogP contribution in [0.1, 0.15) is 26.3 Å². The largest absolute Gasteiger partial charge is 0.496 e. The summed E-state index contributed by atoms with van der Waals surface area (Å²) in [5, 5.41) is 3.54. The highest BCUT2D eigenvalue weighted by Gasteiger charge is 2.27. The lowest BCUT2D eigenvalue weighted by molar-refractivity contribution is 0.129. The van der Waals surface area contributed by atoms with Gasteiger partial charge in [0.25, 0.3) is 0 Å². The summed E-state index contributed by atoms with van der Waals surface area (Å²) in [7, 11) is 1.59. The minimum Gasteiger partial charge on any atom is -0.496 e. The normalized spacial score (nSPS) is 15.4. The van der Waals surface area contributed by atoms with Crippen molar-refractivity contribution in [2.45, 2.75) is 32.4 Å². The Morgan fingerprint density at radius 2 is 1.93 bits per heavy atom. The van der Waals surface area contributed by atoms with Gasteiger partial charge in [-0.25, -0.2) is 4.39 Å². The van der Waals surface area contributed by atoms with Crippen molar-refractivity contribution in [2.24, 2.45) is 0 Å². The van der Waals surface area contributed by atoms with Crippen LogP contribution in [0.25, 0.3) is 16.7 Å². The average molecular weight is 404 g/mol. The number of halogens is 2. The first-order valence-electron chi connectivity index (χ1n) is 9.06. The van der Waals surface area contributed by atoms with Gasteiger partial charge < -0.3 is 14.8 Å². The molecule has 1 N–H and O–H groups in total. The van der Waals surface area contributed by atoms with E-state index in [9.17, 15) is 4.39 Å². The topological polar surface area (TPSA) is 30.5 Å². The molecule has 0 saturated carbocycles. The average Bonchev–Trinajstić information content (AvgIpc) is 2.64. The molecule has 0 aromatic heterocycles. The minimum atomic E-state index is -0.291. The van der Waals surface area contributed by atoms with Crippen LogP contribution in [0.5, 0.6) is 5.75 Å². The van der Waals surface area contributed by atoms with Crippen molar-refractivity contribution < 1.29 is 13.9 Å². The summed E-state index contributed by atoms with van der Waals surface area (Å²) >= 11 is 0. The molecule has 1 heterocycles. The van der Waals surface area contributed by atoms with Crippen LogP contribution in [0.4, 0.5) is 10.1 Å². The maximum absolute atomic E-state index is 13.8. The van der Waals surface area contributed by atoms with Crippen molar-refractivity contribution in [2.75, 3.05) is 19.0 Å². The van der Waals surface area contributed by atoms with E-state index in [4.69, 9.17) is 9.47 Å². The van der Waals surface area contributed by atoms with Crippen LogP contribution in [0, 0.1) is 5.82 Å². The molecule has 1 aliphatic rings. The maximum atomic E-state index is 13.8. The number of benzene rings is 2. The molecule has 1 unspecified atom stereocenters. The lowest BCUT2D eigenvalue weighted by atomic mass is 9.86. The second kappa shape index (κ2) is 8.80. The van der Waals surface area contributed by atoms with E-state index in [0.29, 0.717) is 12.4 Å². The molecule has 3 nitrogen and oxygen atoms in total. The van der Waals surface area contributed by atoms with Crippen LogP contribution in [0.15, 0.2) is 55.1 Å². The van der Waals surface area contributed by atoms with Crippen molar-refractivity contribution in [1.29, 1.82) is 0 Å². The Labute approximate surface area is 172 Å². The number of rotatable bonds is 6. The summed E-state index contributed by atoms with van der Waals surface area (Å²) in [4.78, 5) is 0. The van der Waals surface area contributed by atoms with Crippen molar-refractivity contribution in [3.8, 4) is 16.9 Å². The van der Waals surface area contributed by atoms with Crippen molar-refractivity contribution in [3.63, 3.8) is 0 Å². The Hall–Kier alpha value is -2.30. The fourth-order valence-corrected chi connectivity index (χ4v) is 3.45. The van der Waals surface area contributed by atoms with Gasteiger partial charge in [-0.3, -0.25) is 0 Å². The molecule has 3 rings (SSSR count). The number of hydrogen-bond donors (Lipinski definition) is 1. The molecule has 150 valence electrons. The van der Waals surface area contributed by atoms with Gasteiger partial charge in [0.2, 0.25) is 0 Å². The number of nitrogens with one attached hydrogen (secondary N) is 1. The Bertz CT molecular complexity index is 892. The highest BCUT2D eigenvalue weighted by Crippen LogP contribution is 2.40. The molecule has 0 saturated heterocycles. The highest BCUT2D eigenvalue weighted by molar-refractivity contribution is 5.87. The zero-order valence-electron chi connectivity index (χ0n) is 16.7. The van der Waals surface area contributed by atoms with E-state index in [0.717, 1.165) is 28.0 Å². The van der Waals surface area contributed by atoms with Gasteiger partial charge >= 0.3 is 0 Å². The van der Waals surface area contributed by atoms with Gasteiger partial charge in [-0.05, 0) is 62.2 Å². The summed E-state index contributed by atoms with van der Waals surface area (Å²) in [6.07, 6.45) is 3.85. The number of fused-ring (bicyclic) bond motifs is 1. The van der Waals surface area contributed by atoms with Crippen LogP contribution in [-0.4, -0.2) is 25.4 Å². The van der Waals surface area contributed by atoms with E-state index < -0.39 is 0 Å². The fraction of sp³-hybridized carbons (Fsp3) is 0.304. The molecule has 0 radical (unpaired) electrons. The lowest BCUT2D eigenvalue weighted by Gasteiger charge is -2.34. The predicted molar refractivity (Wildman–Crippen MR) is 117 cm³/mol. The summed E-state index contributed by atoms with van der Waals surface area (Å²) in [5.74, 6) is 0.350. The molecular formula is C23H27ClFNO2. The quantitative estimate of drug-likeness (QED) is 0.591. The van der Waals surface area contributed by atoms with Gasteiger partial charge in [0.15, 0.2) is 0 Å². The maximum Gasteiger partial charge on any atom is 0.126 e. The Kier molecular flexibility index (Phi) is 6.91. The summed E-state index contributed by atoms with van der Waals surface area (Å²) in [6, 6.07) is 10.6. The molecule has 2 aromatic rings. The zero-order valence-corrected chi connectivity index (χ0v) is 17.5. The number of methoxy groups -OCH3 is 1. The third-order valence-electron chi connectivity index (χ3n) is 4.68. The Morgan fingerprint density at radius 1 is 1.18 bits per heavy atom. The van der Waals surface area contributed by atoms with Crippen molar-refractivity contribution in [3.05, 3.63) is 66.5 Å². The van der Waals surface area contributed by atoms with Crippen LogP contribution < -0.4 is 10.1 Å². The fourth-order valence-electron chi connectivity index (χ4n) is 3.45. The van der Waals surface area contributed by atoms with Gasteiger partial charge in [0, 0.05) is 16.8 Å². The van der Waals surface area contributed by atoms with E-state index in [1.807, 2.05) is 19.1 Å². The lowest BCUT2D eigenvalue weighted by Crippen LogP contribution is -2.33. The molecule has 0 aliphatic carbocycles. The molecule has 0 bridgehead atoms. The smallest absolute Gasteiger partial charge is 0.126 e. The van der Waals surface area contributed by atoms with Crippen molar-refractivity contribution in [1.82, 2.24) is 0 Å². The minimum absolute atomic E-state index is 0. The monoisotopic (exact) mass is 403 g/mol. The summed E-state index contributed by atoms with van der Waals surface area (Å²) in [5.41, 5.74) is 4.62. The van der Waals surface area contributed by atoms with Crippen LogP contribution in [-0.2, 0) is 4.74 Å². The zero-order chi connectivity index (χ0) is 19.6. The van der Waals surface area contributed by atoms with Gasteiger partial charge in [-0.15, -0.1) is 19.0 Å². The van der Waals surface area contributed by atoms with E-state index in [1.165, 1.54) is 12.1 Å². The van der Waals surface area contributed by atoms with Gasteiger partial charge in [0.1, 0.15) is 11.6 Å².